The van der Waals surface area contributed by atoms with E-state index in [9.17, 15) is 4.79 Å². The Labute approximate surface area is 156 Å². The number of aromatic nitrogens is 5. The first-order chi connectivity index (χ1) is 13.1. The zero-order chi connectivity index (χ0) is 18.8. The summed E-state index contributed by atoms with van der Waals surface area (Å²) in [5.74, 6) is -0.136. The topological polar surface area (TPSA) is 88.5 Å². The largest absolute Gasteiger partial charge is 0.361 e. The Morgan fingerprint density at radius 2 is 2.04 bits per heavy atom. The van der Waals surface area contributed by atoms with Gasteiger partial charge in [-0.2, -0.15) is 4.68 Å². The number of hydrogen-bond donors (Lipinski definition) is 2. The van der Waals surface area contributed by atoms with Crippen LogP contribution in [-0.4, -0.2) is 37.6 Å². The molecule has 27 heavy (non-hydrogen) atoms. The molecule has 0 spiro atoms. The van der Waals surface area contributed by atoms with E-state index in [4.69, 9.17) is 0 Å². The molecule has 0 bridgehead atoms. The number of nitrogens with zero attached hydrogens (tertiary/aromatic N) is 4. The van der Waals surface area contributed by atoms with Crippen LogP contribution in [0.5, 0.6) is 0 Å². The highest BCUT2D eigenvalue weighted by atomic mass is 16.1. The number of H-pyrrole nitrogens is 1. The minimum Gasteiger partial charge on any atom is -0.361 e. The molecule has 0 aliphatic heterocycles. The number of hydrogen-bond acceptors (Lipinski definition) is 4. The zero-order valence-corrected chi connectivity index (χ0v) is 15.2. The SMILES string of the molecule is Cc1ccc(C(=O)NCCc2c[nH]c3ccccc23)c(-n2cnnn2)c1C. The van der Waals surface area contributed by atoms with Gasteiger partial charge in [0.2, 0.25) is 0 Å². The minimum absolute atomic E-state index is 0.136. The summed E-state index contributed by atoms with van der Waals surface area (Å²) in [5, 5.41) is 15.5. The van der Waals surface area contributed by atoms with Crippen LogP contribution in [0.15, 0.2) is 48.9 Å². The number of carbonyl (C=O) groups excluding carboxylic acids is 1. The molecular formula is C20H20N6O. The van der Waals surface area contributed by atoms with Crippen LogP contribution in [0.4, 0.5) is 0 Å². The van der Waals surface area contributed by atoms with Crippen molar-refractivity contribution >= 4 is 16.8 Å². The lowest BCUT2D eigenvalue weighted by Gasteiger charge is -2.14. The lowest BCUT2D eigenvalue weighted by molar-refractivity contribution is 0.0954. The average Bonchev–Trinajstić information content (AvgIpc) is 3.34. The van der Waals surface area contributed by atoms with Gasteiger partial charge in [0.25, 0.3) is 5.91 Å². The molecule has 1 amide bonds. The van der Waals surface area contributed by atoms with E-state index in [0.717, 1.165) is 23.1 Å². The first kappa shape index (κ1) is 17.0. The van der Waals surface area contributed by atoms with Gasteiger partial charge in [-0.25, -0.2) is 0 Å². The average molecular weight is 360 g/mol. The third kappa shape index (κ3) is 3.19. The molecule has 2 aromatic carbocycles. The number of para-hydroxylation sites is 1. The summed E-state index contributed by atoms with van der Waals surface area (Å²) >= 11 is 0. The monoisotopic (exact) mass is 360 g/mol. The number of benzene rings is 2. The number of aryl methyl sites for hydroxylation is 1. The Balaban J connectivity index is 1.53. The Morgan fingerprint density at radius 3 is 2.85 bits per heavy atom. The number of nitrogens with one attached hydrogen (secondary N) is 2. The maximum atomic E-state index is 12.8. The van der Waals surface area contributed by atoms with Gasteiger partial charge in [-0.1, -0.05) is 24.3 Å². The van der Waals surface area contributed by atoms with E-state index in [0.29, 0.717) is 17.8 Å². The quantitative estimate of drug-likeness (QED) is 0.573. The van der Waals surface area contributed by atoms with Crippen LogP contribution in [-0.2, 0) is 6.42 Å². The van der Waals surface area contributed by atoms with Crippen LogP contribution in [0.2, 0.25) is 0 Å². The molecule has 7 nitrogen and oxygen atoms in total. The standard InChI is InChI=1S/C20H20N6O/c1-13-7-8-17(19(14(13)2)26-12-23-24-25-26)20(27)21-10-9-15-11-22-18-6-4-3-5-16(15)18/h3-8,11-12,22H,9-10H2,1-2H3,(H,21,27). The van der Waals surface area contributed by atoms with Crippen LogP contribution in [0.3, 0.4) is 0 Å². The zero-order valence-electron chi connectivity index (χ0n) is 15.2. The van der Waals surface area contributed by atoms with E-state index in [-0.39, 0.29) is 5.91 Å². The van der Waals surface area contributed by atoms with E-state index in [1.54, 1.807) is 0 Å². The van der Waals surface area contributed by atoms with E-state index in [1.807, 2.05) is 50.4 Å². The van der Waals surface area contributed by atoms with Crippen molar-refractivity contribution in [2.45, 2.75) is 20.3 Å². The van der Waals surface area contributed by atoms with Crippen molar-refractivity contribution in [1.82, 2.24) is 30.5 Å². The summed E-state index contributed by atoms with van der Waals surface area (Å²) in [4.78, 5) is 16.1. The number of amides is 1. The summed E-state index contributed by atoms with van der Waals surface area (Å²) in [6.45, 7) is 4.51. The van der Waals surface area contributed by atoms with E-state index in [1.165, 1.54) is 22.0 Å². The molecule has 4 aromatic rings. The van der Waals surface area contributed by atoms with Crippen molar-refractivity contribution in [1.29, 1.82) is 0 Å². The van der Waals surface area contributed by atoms with Crippen LogP contribution in [0, 0.1) is 13.8 Å². The molecule has 2 aromatic heterocycles. The second-order valence-corrected chi connectivity index (χ2v) is 6.52. The molecular weight excluding hydrogens is 340 g/mol. The normalized spacial score (nSPS) is 11.0. The van der Waals surface area contributed by atoms with E-state index < -0.39 is 0 Å². The molecule has 0 aliphatic carbocycles. The molecule has 0 unspecified atom stereocenters. The van der Waals surface area contributed by atoms with Crippen molar-refractivity contribution in [3.63, 3.8) is 0 Å². The van der Waals surface area contributed by atoms with Gasteiger partial charge < -0.3 is 10.3 Å². The summed E-state index contributed by atoms with van der Waals surface area (Å²) in [5.41, 5.74) is 5.62. The predicted molar refractivity (Wildman–Crippen MR) is 103 cm³/mol. The van der Waals surface area contributed by atoms with E-state index in [2.05, 4.69) is 31.9 Å². The first-order valence-corrected chi connectivity index (χ1v) is 8.82. The smallest absolute Gasteiger partial charge is 0.253 e. The fourth-order valence-electron chi connectivity index (χ4n) is 3.29. The number of carbonyl (C=O) groups is 1. The third-order valence-corrected chi connectivity index (χ3v) is 4.88. The van der Waals surface area contributed by atoms with Gasteiger partial charge in [0, 0.05) is 23.6 Å². The molecule has 2 heterocycles. The highest BCUT2D eigenvalue weighted by Gasteiger charge is 2.17. The van der Waals surface area contributed by atoms with Crippen molar-refractivity contribution < 1.29 is 4.79 Å². The molecule has 0 atom stereocenters. The van der Waals surface area contributed by atoms with Gasteiger partial charge in [0.15, 0.2) is 0 Å². The Kier molecular flexibility index (Phi) is 4.42. The van der Waals surface area contributed by atoms with Crippen LogP contribution in [0.1, 0.15) is 27.0 Å². The maximum Gasteiger partial charge on any atom is 0.253 e. The Bertz CT molecular complexity index is 1100. The predicted octanol–water partition coefficient (Wildman–Crippen LogP) is 2.73. The van der Waals surface area contributed by atoms with Crippen molar-refractivity contribution in [3.8, 4) is 5.69 Å². The maximum absolute atomic E-state index is 12.8. The molecule has 0 saturated heterocycles. The van der Waals surface area contributed by atoms with Gasteiger partial charge in [0.05, 0.1) is 11.3 Å². The molecule has 136 valence electrons. The molecule has 0 radical (unpaired) electrons. The van der Waals surface area contributed by atoms with Gasteiger partial charge >= 0.3 is 0 Å². The minimum atomic E-state index is -0.136. The summed E-state index contributed by atoms with van der Waals surface area (Å²) in [6.07, 6.45) is 4.25. The molecule has 7 heteroatoms. The summed E-state index contributed by atoms with van der Waals surface area (Å²) in [6, 6.07) is 11.9. The molecule has 2 N–H and O–H groups in total. The van der Waals surface area contributed by atoms with E-state index >= 15 is 0 Å². The van der Waals surface area contributed by atoms with Crippen molar-refractivity contribution in [2.24, 2.45) is 0 Å². The summed E-state index contributed by atoms with van der Waals surface area (Å²) in [7, 11) is 0. The third-order valence-electron chi connectivity index (χ3n) is 4.88. The number of tetrazole rings is 1. The van der Waals surface area contributed by atoms with Crippen molar-refractivity contribution in [2.75, 3.05) is 6.54 Å². The Hall–Kier alpha value is -3.48. The van der Waals surface area contributed by atoms with Gasteiger partial charge in [-0.05, 0) is 59.5 Å². The lowest BCUT2D eigenvalue weighted by atomic mass is 10.0. The van der Waals surface area contributed by atoms with Crippen molar-refractivity contribution in [3.05, 3.63) is 71.2 Å². The summed E-state index contributed by atoms with van der Waals surface area (Å²) < 4.78 is 1.54. The molecule has 0 fully saturated rings. The van der Waals surface area contributed by atoms with Crippen LogP contribution < -0.4 is 5.32 Å². The molecule has 4 rings (SSSR count). The van der Waals surface area contributed by atoms with Gasteiger partial charge in [0.1, 0.15) is 6.33 Å². The lowest BCUT2D eigenvalue weighted by Crippen LogP contribution is -2.27. The van der Waals surface area contributed by atoms with Gasteiger partial charge in [-0.3, -0.25) is 4.79 Å². The number of rotatable bonds is 5. The second kappa shape index (κ2) is 7.03. The Morgan fingerprint density at radius 1 is 1.19 bits per heavy atom. The van der Waals surface area contributed by atoms with Gasteiger partial charge in [-0.15, -0.1) is 5.10 Å². The van der Waals surface area contributed by atoms with Crippen LogP contribution >= 0.6 is 0 Å². The second-order valence-electron chi connectivity index (χ2n) is 6.52. The highest BCUT2D eigenvalue weighted by molar-refractivity contribution is 5.98. The number of fused-ring (bicyclic) bond motifs is 1. The number of aromatic amines is 1. The first-order valence-electron chi connectivity index (χ1n) is 8.82. The fraction of sp³-hybridized carbons (Fsp3) is 0.200. The highest BCUT2D eigenvalue weighted by Crippen LogP contribution is 2.22. The molecule has 0 aliphatic rings. The molecule has 0 saturated carbocycles. The van der Waals surface area contributed by atoms with Crippen LogP contribution in [0.25, 0.3) is 16.6 Å². The fourth-order valence-corrected chi connectivity index (χ4v) is 3.29.